The Morgan fingerprint density at radius 2 is 1.71 bits per heavy atom. The second-order valence-corrected chi connectivity index (χ2v) is 3.64. The standard InChI is InChI=1S/C7H8N2O3S.BrH/c8-13(11,12)9-7(10)6-4-2-1-3-5-6;/h1-5H,(H,9,10)(H2,8,11,12);1H. The van der Waals surface area contributed by atoms with E-state index < -0.39 is 16.1 Å². The Morgan fingerprint density at radius 3 is 2.14 bits per heavy atom. The number of hydrogen-bond acceptors (Lipinski definition) is 3. The van der Waals surface area contributed by atoms with Crippen LogP contribution in [0.1, 0.15) is 10.4 Å². The van der Waals surface area contributed by atoms with Gasteiger partial charge in [-0.1, -0.05) is 18.2 Å². The molecule has 0 bridgehead atoms. The van der Waals surface area contributed by atoms with Crippen molar-refractivity contribution in [2.75, 3.05) is 0 Å². The van der Waals surface area contributed by atoms with Gasteiger partial charge in [0, 0.05) is 5.56 Å². The minimum Gasteiger partial charge on any atom is -0.268 e. The Morgan fingerprint density at radius 1 is 1.21 bits per heavy atom. The summed E-state index contributed by atoms with van der Waals surface area (Å²) in [6, 6.07) is 7.94. The van der Waals surface area contributed by atoms with Crippen molar-refractivity contribution in [2.24, 2.45) is 5.14 Å². The van der Waals surface area contributed by atoms with E-state index in [0.29, 0.717) is 0 Å². The maximum absolute atomic E-state index is 11.1. The van der Waals surface area contributed by atoms with E-state index in [9.17, 15) is 13.2 Å². The fraction of sp³-hybridized carbons (Fsp3) is 0. The van der Waals surface area contributed by atoms with Crippen molar-refractivity contribution in [1.29, 1.82) is 0 Å². The van der Waals surface area contributed by atoms with Gasteiger partial charge in [-0.15, -0.1) is 17.0 Å². The number of hydrogen-bond donors (Lipinski definition) is 2. The molecule has 14 heavy (non-hydrogen) atoms. The lowest BCUT2D eigenvalue weighted by molar-refractivity contribution is 0.0981. The summed E-state index contributed by atoms with van der Waals surface area (Å²) < 4.78 is 22.6. The fourth-order valence-corrected chi connectivity index (χ4v) is 1.15. The molecule has 7 heteroatoms. The highest BCUT2D eigenvalue weighted by Crippen LogP contribution is 1.97. The highest BCUT2D eigenvalue weighted by Gasteiger charge is 2.09. The Hall–Kier alpha value is -0.920. The van der Waals surface area contributed by atoms with E-state index in [1.807, 2.05) is 0 Å². The number of nitrogens with two attached hydrogens (primary N) is 1. The second-order valence-electron chi connectivity index (χ2n) is 2.34. The van der Waals surface area contributed by atoms with Crippen LogP contribution in [0, 0.1) is 0 Å². The van der Waals surface area contributed by atoms with Gasteiger partial charge in [-0.2, -0.15) is 8.42 Å². The summed E-state index contributed by atoms with van der Waals surface area (Å²) in [4.78, 5) is 11.1. The van der Waals surface area contributed by atoms with Gasteiger partial charge in [0.25, 0.3) is 16.1 Å². The first-order chi connectivity index (χ1) is 5.99. The van der Waals surface area contributed by atoms with Crippen molar-refractivity contribution in [2.45, 2.75) is 0 Å². The van der Waals surface area contributed by atoms with Crippen molar-refractivity contribution in [1.82, 2.24) is 4.72 Å². The van der Waals surface area contributed by atoms with Crippen LogP contribution in [0.15, 0.2) is 30.3 Å². The smallest absolute Gasteiger partial charge is 0.268 e. The number of carbonyl (C=O) groups excluding carboxylic acids is 1. The molecule has 0 heterocycles. The largest absolute Gasteiger partial charge is 0.298 e. The maximum atomic E-state index is 11.1. The van der Waals surface area contributed by atoms with E-state index in [-0.39, 0.29) is 22.5 Å². The zero-order chi connectivity index (χ0) is 9.90. The molecule has 1 amide bonds. The molecule has 1 aromatic rings. The lowest BCUT2D eigenvalue weighted by Gasteiger charge is -2.00. The summed E-state index contributed by atoms with van der Waals surface area (Å²) in [5.41, 5.74) is 0.247. The van der Waals surface area contributed by atoms with Crippen molar-refractivity contribution in [3.05, 3.63) is 35.9 Å². The molecule has 0 aliphatic heterocycles. The van der Waals surface area contributed by atoms with Crippen molar-refractivity contribution >= 4 is 33.1 Å². The molecule has 0 fully saturated rings. The van der Waals surface area contributed by atoms with E-state index in [1.54, 1.807) is 22.9 Å². The first-order valence-corrected chi connectivity index (χ1v) is 4.93. The molecule has 0 saturated heterocycles. The third-order valence-corrected chi connectivity index (χ3v) is 1.74. The molecule has 0 aliphatic rings. The number of rotatable bonds is 2. The molecular weight excluding hydrogens is 272 g/mol. The van der Waals surface area contributed by atoms with Crippen LogP contribution in [-0.2, 0) is 10.2 Å². The zero-order valence-electron chi connectivity index (χ0n) is 7.01. The minimum atomic E-state index is -3.97. The first-order valence-electron chi connectivity index (χ1n) is 3.39. The molecule has 0 aromatic heterocycles. The molecule has 5 nitrogen and oxygen atoms in total. The molecule has 0 radical (unpaired) electrons. The molecule has 0 aliphatic carbocycles. The molecule has 78 valence electrons. The fourth-order valence-electron chi connectivity index (χ4n) is 0.778. The van der Waals surface area contributed by atoms with Gasteiger partial charge in [0.15, 0.2) is 0 Å². The highest BCUT2D eigenvalue weighted by molar-refractivity contribution is 8.93. The Kier molecular flexibility index (Phi) is 4.75. The van der Waals surface area contributed by atoms with Crippen LogP contribution < -0.4 is 9.86 Å². The summed E-state index contributed by atoms with van der Waals surface area (Å²) >= 11 is 0. The van der Waals surface area contributed by atoms with Crippen molar-refractivity contribution in [3.63, 3.8) is 0 Å². The lowest BCUT2D eigenvalue weighted by Crippen LogP contribution is -2.35. The quantitative estimate of drug-likeness (QED) is 0.811. The number of benzene rings is 1. The van der Waals surface area contributed by atoms with Gasteiger partial charge in [-0.05, 0) is 12.1 Å². The molecule has 0 unspecified atom stereocenters. The molecule has 0 spiro atoms. The Balaban J connectivity index is 0.00000169. The van der Waals surface area contributed by atoms with Gasteiger partial charge >= 0.3 is 0 Å². The SMILES string of the molecule is Br.NS(=O)(=O)NC(=O)c1ccccc1. The molecule has 1 rings (SSSR count). The Labute approximate surface area is 92.3 Å². The predicted octanol–water partition coefficient (Wildman–Crippen LogP) is 0.198. The van der Waals surface area contributed by atoms with Gasteiger partial charge in [-0.3, -0.25) is 4.79 Å². The summed E-state index contributed by atoms with van der Waals surface area (Å²) in [5, 5.41) is 4.61. The number of amides is 1. The molecular formula is C7H9BrN2O3S. The summed E-state index contributed by atoms with van der Waals surface area (Å²) in [5.74, 6) is -0.733. The summed E-state index contributed by atoms with van der Waals surface area (Å²) in [6.07, 6.45) is 0. The molecule has 3 N–H and O–H groups in total. The number of carbonyl (C=O) groups is 1. The van der Waals surface area contributed by atoms with E-state index >= 15 is 0 Å². The minimum absolute atomic E-state index is 0. The third kappa shape index (κ3) is 4.35. The highest BCUT2D eigenvalue weighted by atomic mass is 79.9. The number of nitrogens with one attached hydrogen (secondary N) is 1. The topological polar surface area (TPSA) is 89.3 Å². The normalized spacial score (nSPS) is 10.1. The maximum Gasteiger partial charge on any atom is 0.298 e. The first kappa shape index (κ1) is 13.1. The van der Waals surface area contributed by atoms with E-state index in [1.165, 1.54) is 12.1 Å². The Bertz CT molecular complexity index is 404. The van der Waals surface area contributed by atoms with E-state index in [2.05, 4.69) is 5.14 Å². The van der Waals surface area contributed by atoms with Crippen molar-refractivity contribution < 1.29 is 13.2 Å². The average Bonchev–Trinajstić information content (AvgIpc) is 2.03. The monoisotopic (exact) mass is 280 g/mol. The number of halogens is 1. The van der Waals surface area contributed by atoms with Crippen LogP contribution in [0.3, 0.4) is 0 Å². The van der Waals surface area contributed by atoms with Crippen LogP contribution in [-0.4, -0.2) is 14.3 Å². The van der Waals surface area contributed by atoms with Gasteiger partial charge in [0.05, 0.1) is 0 Å². The van der Waals surface area contributed by atoms with Gasteiger partial charge in [-0.25, -0.2) is 9.86 Å². The van der Waals surface area contributed by atoms with Crippen LogP contribution in [0.2, 0.25) is 0 Å². The lowest BCUT2D eigenvalue weighted by atomic mass is 10.2. The zero-order valence-corrected chi connectivity index (χ0v) is 9.53. The van der Waals surface area contributed by atoms with Crippen LogP contribution in [0.4, 0.5) is 0 Å². The van der Waals surface area contributed by atoms with Gasteiger partial charge < -0.3 is 0 Å². The predicted molar refractivity (Wildman–Crippen MR) is 57.3 cm³/mol. The molecule has 1 aromatic carbocycles. The average molecular weight is 281 g/mol. The molecule has 0 saturated carbocycles. The second kappa shape index (κ2) is 5.08. The van der Waals surface area contributed by atoms with Gasteiger partial charge in [0.2, 0.25) is 0 Å². The van der Waals surface area contributed by atoms with Crippen LogP contribution in [0.5, 0.6) is 0 Å². The van der Waals surface area contributed by atoms with Gasteiger partial charge in [0.1, 0.15) is 0 Å². The van der Waals surface area contributed by atoms with Crippen molar-refractivity contribution in [3.8, 4) is 0 Å². The summed E-state index contributed by atoms with van der Waals surface area (Å²) in [6.45, 7) is 0. The summed E-state index contributed by atoms with van der Waals surface area (Å²) in [7, 11) is -3.97. The van der Waals surface area contributed by atoms with Crippen LogP contribution in [0.25, 0.3) is 0 Å². The third-order valence-electron chi connectivity index (χ3n) is 1.27. The van der Waals surface area contributed by atoms with E-state index in [4.69, 9.17) is 0 Å². The van der Waals surface area contributed by atoms with Crippen LogP contribution >= 0.6 is 17.0 Å². The molecule has 0 atom stereocenters. The van der Waals surface area contributed by atoms with E-state index in [0.717, 1.165) is 0 Å².